The second-order valence-electron chi connectivity index (χ2n) is 8.39. The minimum atomic E-state index is -0.280. The fraction of sp³-hybridized carbons (Fsp3) is 0.545. The molecule has 148 valence electrons. The van der Waals surface area contributed by atoms with Gasteiger partial charge in [0.15, 0.2) is 0 Å². The quantitative estimate of drug-likeness (QED) is 0.797. The molecule has 6 heteroatoms. The molecule has 6 nitrogen and oxygen atoms in total. The van der Waals surface area contributed by atoms with Crippen LogP contribution in [-0.2, 0) is 12.8 Å². The average molecular weight is 380 g/mol. The Balaban J connectivity index is 1.65. The Morgan fingerprint density at radius 2 is 2.11 bits per heavy atom. The molecule has 1 aliphatic carbocycles. The number of nitrogens with one attached hydrogen (secondary N) is 1. The molecule has 0 radical (unpaired) electrons. The van der Waals surface area contributed by atoms with Crippen LogP contribution in [0.25, 0.3) is 0 Å². The molecule has 2 aromatic heterocycles. The Morgan fingerprint density at radius 1 is 1.29 bits per heavy atom. The van der Waals surface area contributed by atoms with Crippen LogP contribution < -0.4 is 5.32 Å². The van der Waals surface area contributed by atoms with Gasteiger partial charge in [-0.2, -0.15) is 5.26 Å². The van der Waals surface area contributed by atoms with Crippen LogP contribution in [0.1, 0.15) is 62.2 Å². The molecular formula is C22H29N5O. The smallest absolute Gasteiger partial charge is 0.147 e. The topological polar surface area (TPSA) is 94.7 Å². The van der Waals surface area contributed by atoms with Crippen LogP contribution >= 0.6 is 0 Å². The lowest BCUT2D eigenvalue weighted by Gasteiger charge is -2.40. The van der Waals surface area contributed by atoms with E-state index in [2.05, 4.69) is 46.3 Å². The largest absolute Gasteiger partial charge is 0.393 e. The first-order valence-corrected chi connectivity index (χ1v) is 10.00. The second kappa shape index (κ2) is 8.66. The summed E-state index contributed by atoms with van der Waals surface area (Å²) in [6.45, 7) is 6.20. The first-order chi connectivity index (χ1) is 13.4. The maximum atomic E-state index is 10.2. The third kappa shape index (κ3) is 4.85. The second-order valence-corrected chi connectivity index (χ2v) is 8.39. The monoisotopic (exact) mass is 379 g/mol. The summed E-state index contributed by atoms with van der Waals surface area (Å²) < 4.78 is 0. The molecule has 1 fully saturated rings. The van der Waals surface area contributed by atoms with Crippen molar-refractivity contribution in [1.82, 2.24) is 15.0 Å². The van der Waals surface area contributed by atoms with Crippen molar-refractivity contribution in [1.29, 1.82) is 5.26 Å². The lowest BCUT2D eigenvalue weighted by Crippen LogP contribution is -2.41. The number of hydrogen-bond donors (Lipinski definition) is 2. The van der Waals surface area contributed by atoms with Crippen molar-refractivity contribution in [3.05, 3.63) is 47.2 Å². The van der Waals surface area contributed by atoms with Gasteiger partial charge in [0.25, 0.3) is 0 Å². The SMILES string of the molecule is Cc1ncccc1CCCc1ncc(C#N)c(N[C@@H]2CC[C@H](O)C(C)(C)C2)n1. The number of aromatic nitrogens is 3. The molecule has 0 bridgehead atoms. The molecular weight excluding hydrogens is 350 g/mol. The molecule has 2 heterocycles. The van der Waals surface area contributed by atoms with Gasteiger partial charge in [-0.1, -0.05) is 19.9 Å². The molecule has 2 N–H and O–H groups in total. The third-order valence-corrected chi connectivity index (χ3v) is 5.73. The fourth-order valence-corrected chi connectivity index (χ4v) is 3.89. The highest BCUT2D eigenvalue weighted by molar-refractivity contribution is 5.51. The van der Waals surface area contributed by atoms with Gasteiger partial charge in [-0.15, -0.1) is 0 Å². The van der Waals surface area contributed by atoms with E-state index in [0.29, 0.717) is 11.4 Å². The highest BCUT2D eigenvalue weighted by atomic mass is 16.3. The van der Waals surface area contributed by atoms with Crippen LogP contribution in [0, 0.1) is 23.7 Å². The lowest BCUT2D eigenvalue weighted by molar-refractivity contribution is 0.00926. The maximum absolute atomic E-state index is 10.2. The number of aliphatic hydroxyl groups excluding tert-OH is 1. The number of anilines is 1. The summed E-state index contributed by atoms with van der Waals surface area (Å²) in [6, 6.07) is 6.46. The summed E-state index contributed by atoms with van der Waals surface area (Å²) in [4.78, 5) is 13.3. The lowest BCUT2D eigenvalue weighted by atomic mass is 9.73. The van der Waals surface area contributed by atoms with Gasteiger partial charge in [0.05, 0.1) is 12.3 Å². The summed E-state index contributed by atoms with van der Waals surface area (Å²) in [5, 5.41) is 23.0. The van der Waals surface area contributed by atoms with Crippen LogP contribution in [0.15, 0.2) is 24.5 Å². The Morgan fingerprint density at radius 3 is 2.82 bits per heavy atom. The fourth-order valence-electron chi connectivity index (χ4n) is 3.89. The van der Waals surface area contributed by atoms with Crippen molar-refractivity contribution >= 4 is 5.82 Å². The zero-order chi connectivity index (χ0) is 20.1. The summed E-state index contributed by atoms with van der Waals surface area (Å²) in [6.07, 6.45) is 8.24. The normalized spacial score (nSPS) is 21.1. The minimum absolute atomic E-state index is 0.139. The Bertz CT molecular complexity index is 858. The van der Waals surface area contributed by atoms with Crippen LogP contribution in [0.2, 0.25) is 0 Å². The van der Waals surface area contributed by atoms with E-state index in [1.807, 2.05) is 19.2 Å². The molecule has 1 saturated carbocycles. The predicted octanol–water partition coefficient (Wildman–Crippen LogP) is 3.58. The van der Waals surface area contributed by atoms with Crippen LogP contribution in [0.4, 0.5) is 5.82 Å². The molecule has 2 aromatic rings. The first kappa shape index (κ1) is 20.2. The highest BCUT2D eigenvalue weighted by Gasteiger charge is 2.35. The summed E-state index contributed by atoms with van der Waals surface area (Å²) in [5.41, 5.74) is 2.64. The Labute approximate surface area is 167 Å². The van der Waals surface area contributed by atoms with E-state index >= 15 is 0 Å². The van der Waals surface area contributed by atoms with Crippen LogP contribution in [0.3, 0.4) is 0 Å². The first-order valence-electron chi connectivity index (χ1n) is 10.00. The number of aliphatic hydroxyl groups is 1. The van der Waals surface area contributed by atoms with E-state index in [1.54, 1.807) is 6.20 Å². The molecule has 0 spiro atoms. The molecule has 0 unspecified atom stereocenters. The minimum Gasteiger partial charge on any atom is -0.393 e. The van der Waals surface area contributed by atoms with Crippen molar-refractivity contribution in [2.75, 3.05) is 5.32 Å². The van der Waals surface area contributed by atoms with Gasteiger partial charge in [-0.3, -0.25) is 4.98 Å². The number of hydrogen-bond acceptors (Lipinski definition) is 6. The van der Waals surface area contributed by atoms with Gasteiger partial charge in [0.1, 0.15) is 23.3 Å². The Hall–Kier alpha value is -2.52. The third-order valence-electron chi connectivity index (χ3n) is 5.73. The molecule has 0 amide bonds. The molecule has 2 atom stereocenters. The van der Waals surface area contributed by atoms with Gasteiger partial charge in [0.2, 0.25) is 0 Å². The molecule has 28 heavy (non-hydrogen) atoms. The van der Waals surface area contributed by atoms with Gasteiger partial charge in [-0.25, -0.2) is 9.97 Å². The Kier molecular flexibility index (Phi) is 6.25. The van der Waals surface area contributed by atoms with E-state index in [0.717, 1.165) is 50.0 Å². The standard InChI is InChI=1S/C22H29N5O/c1-15-16(7-5-11-24-15)6-4-8-20-25-14-17(13-23)21(27-20)26-18-9-10-19(28)22(2,3)12-18/h5,7,11,14,18-19,28H,4,6,8-10,12H2,1-3H3,(H,25,26,27)/t18-,19+/m1/s1. The van der Waals surface area contributed by atoms with Crippen LogP contribution in [-0.4, -0.2) is 32.2 Å². The summed E-state index contributed by atoms with van der Waals surface area (Å²) >= 11 is 0. The summed E-state index contributed by atoms with van der Waals surface area (Å²) in [7, 11) is 0. The molecule has 1 aliphatic rings. The van der Waals surface area contributed by atoms with E-state index in [-0.39, 0.29) is 17.6 Å². The molecule has 0 saturated heterocycles. The van der Waals surface area contributed by atoms with Crippen molar-refractivity contribution < 1.29 is 5.11 Å². The van der Waals surface area contributed by atoms with E-state index in [4.69, 9.17) is 0 Å². The van der Waals surface area contributed by atoms with Gasteiger partial charge >= 0.3 is 0 Å². The summed E-state index contributed by atoms with van der Waals surface area (Å²) in [5.74, 6) is 1.36. The molecule has 0 aromatic carbocycles. The maximum Gasteiger partial charge on any atom is 0.147 e. The average Bonchev–Trinajstić information content (AvgIpc) is 2.66. The zero-order valence-corrected chi connectivity index (χ0v) is 16.9. The van der Waals surface area contributed by atoms with Crippen LogP contribution in [0.5, 0.6) is 0 Å². The van der Waals surface area contributed by atoms with Gasteiger partial charge in [-0.05, 0) is 56.1 Å². The molecule has 3 rings (SSSR count). The van der Waals surface area contributed by atoms with E-state index < -0.39 is 0 Å². The van der Waals surface area contributed by atoms with Gasteiger partial charge in [0, 0.05) is 24.4 Å². The highest BCUT2D eigenvalue weighted by Crippen LogP contribution is 2.36. The zero-order valence-electron chi connectivity index (χ0n) is 16.9. The number of rotatable bonds is 6. The number of aryl methyl sites for hydroxylation is 3. The van der Waals surface area contributed by atoms with E-state index in [9.17, 15) is 10.4 Å². The van der Waals surface area contributed by atoms with E-state index in [1.165, 1.54) is 5.56 Å². The number of nitrogens with zero attached hydrogens (tertiary/aromatic N) is 4. The van der Waals surface area contributed by atoms with Crippen molar-refractivity contribution in [2.24, 2.45) is 5.41 Å². The van der Waals surface area contributed by atoms with Crippen molar-refractivity contribution in [3.63, 3.8) is 0 Å². The van der Waals surface area contributed by atoms with Crippen molar-refractivity contribution in [2.45, 2.75) is 71.4 Å². The number of pyridine rings is 1. The molecule has 0 aliphatic heterocycles. The van der Waals surface area contributed by atoms with Crippen molar-refractivity contribution in [3.8, 4) is 6.07 Å². The number of nitriles is 1. The predicted molar refractivity (Wildman–Crippen MR) is 109 cm³/mol. The van der Waals surface area contributed by atoms with Gasteiger partial charge < -0.3 is 10.4 Å².